The number of hydrogen-bond donors (Lipinski definition) is 0. The van der Waals surface area contributed by atoms with Crippen LogP contribution in [-0.4, -0.2) is 23.0 Å². The monoisotopic (exact) mass is 294 g/mol. The first-order chi connectivity index (χ1) is 10.4. The predicted molar refractivity (Wildman–Crippen MR) is 77.7 cm³/mol. The van der Waals surface area contributed by atoms with E-state index in [1.165, 1.54) is 4.90 Å². The van der Waals surface area contributed by atoms with E-state index >= 15 is 0 Å². The molecule has 2 fully saturated rings. The smallest absolute Gasteiger partial charge is 0.241 e. The fourth-order valence-corrected chi connectivity index (χ4v) is 4.03. The maximum atomic E-state index is 12.9. The Kier molecular flexibility index (Phi) is 2.31. The van der Waals surface area contributed by atoms with Crippen LogP contribution >= 0.6 is 0 Å². The molecule has 2 amide bonds. The average Bonchev–Trinajstić information content (AvgIpc) is 3.04. The molecule has 4 unspecified atom stereocenters. The van der Waals surface area contributed by atoms with Crippen LogP contribution in [0.15, 0.2) is 36.4 Å². The largest absolute Gasteiger partial charge is 0.359 e. The molecule has 0 saturated carbocycles. The lowest BCUT2D eigenvalue weighted by molar-refractivity contribution is -0.128. The molecular weight excluding hydrogens is 280 g/mol. The maximum absolute atomic E-state index is 12.9. The van der Waals surface area contributed by atoms with Crippen molar-refractivity contribution >= 4 is 17.5 Å². The lowest BCUT2D eigenvalue weighted by Crippen LogP contribution is -2.39. The Bertz CT molecular complexity index is 757. The summed E-state index contributed by atoms with van der Waals surface area (Å²) in [7, 11) is 0. The molecule has 5 heteroatoms. The average molecular weight is 294 g/mol. The fraction of sp³-hybridized carbons (Fsp3) is 0.353. The highest BCUT2D eigenvalue weighted by Crippen LogP contribution is 2.57. The molecule has 0 aromatic heterocycles. The van der Waals surface area contributed by atoms with Gasteiger partial charge in [0.1, 0.15) is 6.07 Å². The Labute approximate surface area is 127 Å². The third kappa shape index (κ3) is 1.36. The second-order valence-electron chi connectivity index (χ2n) is 6.40. The molecule has 0 aliphatic carbocycles. The third-order valence-corrected chi connectivity index (χ3v) is 4.99. The van der Waals surface area contributed by atoms with Crippen molar-refractivity contribution in [1.29, 1.82) is 5.26 Å². The molecule has 2 bridgehead atoms. The van der Waals surface area contributed by atoms with E-state index in [1.54, 1.807) is 24.3 Å². The summed E-state index contributed by atoms with van der Waals surface area (Å²) in [5.74, 6) is -1.62. The van der Waals surface area contributed by atoms with E-state index in [2.05, 4.69) is 0 Å². The SMILES string of the molecule is CC12C=CC(C)(O1)C1C(=O)N(c3ccccc3C#N)C(=O)C12. The number of hydrogen-bond acceptors (Lipinski definition) is 4. The van der Waals surface area contributed by atoms with Gasteiger partial charge >= 0.3 is 0 Å². The first-order valence-electron chi connectivity index (χ1n) is 7.19. The minimum Gasteiger partial charge on any atom is -0.359 e. The number of rotatable bonds is 1. The van der Waals surface area contributed by atoms with Crippen molar-refractivity contribution < 1.29 is 14.3 Å². The standard InChI is InChI=1S/C17H14N2O3/c1-16-7-8-17(2,22-16)13-12(16)14(20)19(15(13)21)11-6-4-3-5-10(11)9-18/h3-8,12-13H,1-2H3. The van der Waals surface area contributed by atoms with Crippen molar-refractivity contribution in [3.8, 4) is 6.07 Å². The summed E-state index contributed by atoms with van der Waals surface area (Å²) in [4.78, 5) is 26.9. The van der Waals surface area contributed by atoms with Crippen LogP contribution in [0.2, 0.25) is 0 Å². The number of fused-ring (bicyclic) bond motifs is 5. The van der Waals surface area contributed by atoms with E-state index in [-0.39, 0.29) is 11.8 Å². The van der Waals surface area contributed by atoms with Crippen molar-refractivity contribution in [3.63, 3.8) is 0 Å². The van der Waals surface area contributed by atoms with Crippen molar-refractivity contribution in [2.75, 3.05) is 4.90 Å². The lowest BCUT2D eigenvalue weighted by atomic mass is 9.73. The van der Waals surface area contributed by atoms with E-state index in [4.69, 9.17) is 4.74 Å². The second-order valence-corrected chi connectivity index (χ2v) is 6.40. The van der Waals surface area contributed by atoms with Crippen LogP contribution in [0.3, 0.4) is 0 Å². The number of carbonyl (C=O) groups excluding carboxylic acids is 2. The van der Waals surface area contributed by atoms with Gasteiger partial charge in [0, 0.05) is 0 Å². The molecule has 5 nitrogen and oxygen atoms in total. The first kappa shape index (κ1) is 13.2. The zero-order valence-electron chi connectivity index (χ0n) is 12.2. The van der Waals surface area contributed by atoms with Gasteiger partial charge in [-0.15, -0.1) is 0 Å². The summed E-state index contributed by atoms with van der Waals surface area (Å²) in [5, 5.41) is 9.24. The minimum absolute atomic E-state index is 0.284. The van der Waals surface area contributed by atoms with Gasteiger partial charge in [-0.2, -0.15) is 5.26 Å². The number of ether oxygens (including phenoxy) is 1. The van der Waals surface area contributed by atoms with Gasteiger partial charge in [0.05, 0.1) is 34.3 Å². The van der Waals surface area contributed by atoms with Gasteiger partial charge in [0.25, 0.3) is 0 Å². The highest BCUT2D eigenvalue weighted by molar-refractivity contribution is 6.24. The Morgan fingerprint density at radius 2 is 1.64 bits per heavy atom. The molecule has 3 heterocycles. The van der Waals surface area contributed by atoms with Gasteiger partial charge in [0.15, 0.2) is 0 Å². The molecule has 4 atom stereocenters. The third-order valence-electron chi connectivity index (χ3n) is 4.99. The number of nitrogens with zero attached hydrogens (tertiary/aromatic N) is 2. The molecule has 0 radical (unpaired) electrons. The molecule has 1 aromatic rings. The lowest BCUT2D eigenvalue weighted by Gasteiger charge is -2.25. The number of imide groups is 1. The van der Waals surface area contributed by atoms with Crippen LogP contribution in [-0.2, 0) is 14.3 Å². The van der Waals surface area contributed by atoms with E-state index < -0.39 is 23.0 Å². The topological polar surface area (TPSA) is 70.4 Å². The zero-order valence-corrected chi connectivity index (χ0v) is 12.2. The van der Waals surface area contributed by atoms with Gasteiger partial charge in [-0.05, 0) is 26.0 Å². The van der Waals surface area contributed by atoms with Crippen LogP contribution in [0.25, 0.3) is 0 Å². The molecule has 2 saturated heterocycles. The molecule has 3 aliphatic heterocycles. The predicted octanol–water partition coefficient (Wildman–Crippen LogP) is 1.78. The van der Waals surface area contributed by atoms with Gasteiger partial charge in [-0.25, -0.2) is 4.90 Å². The van der Waals surface area contributed by atoms with Gasteiger partial charge in [0.2, 0.25) is 11.8 Å². The molecule has 0 N–H and O–H groups in total. The molecule has 0 spiro atoms. The van der Waals surface area contributed by atoms with E-state index in [0.717, 1.165) is 0 Å². The van der Waals surface area contributed by atoms with Gasteiger partial charge in [-0.3, -0.25) is 9.59 Å². The van der Waals surface area contributed by atoms with Crippen molar-refractivity contribution in [3.05, 3.63) is 42.0 Å². The maximum Gasteiger partial charge on any atom is 0.241 e. The molecule has 22 heavy (non-hydrogen) atoms. The Balaban J connectivity index is 1.86. The summed E-state index contributed by atoms with van der Waals surface area (Å²) in [6.45, 7) is 3.68. The van der Waals surface area contributed by atoms with Crippen LogP contribution in [0.1, 0.15) is 19.4 Å². The Hall–Kier alpha value is -2.45. The highest BCUT2D eigenvalue weighted by atomic mass is 16.5. The number of carbonyl (C=O) groups is 2. The number of anilines is 1. The van der Waals surface area contributed by atoms with E-state index in [9.17, 15) is 14.9 Å². The van der Waals surface area contributed by atoms with Gasteiger partial charge < -0.3 is 4.74 Å². The van der Waals surface area contributed by atoms with Crippen molar-refractivity contribution in [2.45, 2.75) is 25.0 Å². The summed E-state index contributed by atoms with van der Waals surface area (Å²) < 4.78 is 5.95. The zero-order chi connectivity index (χ0) is 15.7. The molecular formula is C17H14N2O3. The highest BCUT2D eigenvalue weighted by Gasteiger charge is 2.70. The quantitative estimate of drug-likeness (QED) is 0.585. The summed E-state index contributed by atoms with van der Waals surface area (Å²) in [6, 6.07) is 8.72. The number of benzene rings is 1. The number of nitriles is 1. The van der Waals surface area contributed by atoms with Crippen LogP contribution in [0, 0.1) is 23.2 Å². The fourth-order valence-electron chi connectivity index (χ4n) is 4.03. The molecule has 3 aliphatic rings. The van der Waals surface area contributed by atoms with E-state index in [0.29, 0.717) is 11.3 Å². The van der Waals surface area contributed by atoms with Crippen LogP contribution in [0.5, 0.6) is 0 Å². The van der Waals surface area contributed by atoms with Crippen LogP contribution < -0.4 is 4.90 Å². The second kappa shape index (κ2) is 3.84. The van der Waals surface area contributed by atoms with Crippen molar-refractivity contribution in [2.24, 2.45) is 11.8 Å². The molecule has 110 valence electrons. The Morgan fingerprint density at radius 3 is 2.18 bits per heavy atom. The van der Waals surface area contributed by atoms with E-state index in [1.807, 2.05) is 32.1 Å². The minimum atomic E-state index is -0.748. The normalized spacial score (nSPS) is 38.5. The molecule has 4 rings (SSSR count). The number of amides is 2. The first-order valence-corrected chi connectivity index (χ1v) is 7.19. The van der Waals surface area contributed by atoms with Crippen LogP contribution in [0.4, 0.5) is 5.69 Å². The Morgan fingerprint density at radius 1 is 1.09 bits per heavy atom. The summed E-state index contributed by atoms with van der Waals surface area (Å²) in [5.41, 5.74) is -0.813. The van der Waals surface area contributed by atoms with Gasteiger partial charge in [-0.1, -0.05) is 24.3 Å². The molecule has 1 aromatic carbocycles. The summed E-state index contributed by atoms with van der Waals surface area (Å²) >= 11 is 0. The number of para-hydroxylation sites is 1. The summed E-state index contributed by atoms with van der Waals surface area (Å²) in [6.07, 6.45) is 3.75. The van der Waals surface area contributed by atoms with Crippen molar-refractivity contribution in [1.82, 2.24) is 0 Å².